The lowest BCUT2D eigenvalue weighted by atomic mass is 9.63. The fraction of sp³-hybridized carbons (Fsp3) is 0.556. The molecular weight excluding hydrogens is 262 g/mol. The van der Waals surface area contributed by atoms with Crippen LogP contribution in [-0.2, 0) is 6.42 Å². The molecule has 2 aromatic rings. The second-order valence-electron chi connectivity index (χ2n) is 7.30. The van der Waals surface area contributed by atoms with Crippen molar-refractivity contribution in [3.05, 3.63) is 35.2 Å². The van der Waals surface area contributed by atoms with Crippen LogP contribution in [0.25, 0.3) is 10.1 Å². The summed E-state index contributed by atoms with van der Waals surface area (Å²) in [5.41, 5.74) is 8.54. The van der Waals surface area contributed by atoms with E-state index in [4.69, 9.17) is 5.73 Å². The number of hydrogen-bond acceptors (Lipinski definition) is 2. The molecule has 0 saturated heterocycles. The predicted molar refractivity (Wildman–Crippen MR) is 89.3 cm³/mol. The van der Waals surface area contributed by atoms with Crippen molar-refractivity contribution in [3.8, 4) is 0 Å². The molecule has 1 aliphatic rings. The van der Waals surface area contributed by atoms with Crippen molar-refractivity contribution in [2.24, 2.45) is 16.6 Å². The molecule has 3 rings (SSSR count). The highest BCUT2D eigenvalue weighted by Gasteiger charge is 2.37. The summed E-state index contributed by atoms with van der Waals surface area (Å²) >= 11 is 1.87. The lowest BCUT2D eigenvalue weighted by Gasteiger charge is -2.43. The van der Waals surface area contributed by atoms with Crippen LogP contribution in [0.3, 0.4) is 0 Å². The van der Waals surface area contributed by atoms with E-state index in [0.29, 0.717) is 10.8 Å². The molecule has 0 unspecified atom stereocenters. The normalized spacial score (nSPS) is 21.1. The monoisotopic (exact) mass is 287 g/mol. The second-order valence-corrected chi connectivity index (χ2v) is 8.21. The molecular formula is C18H25NS. The molecule has 0 atom stereocenters. The second kappa shape index (κ2) is 5.16. The van der Waals surface area contributed by atoms with E-state index >= 15 is 0 Å². The minimum Gasteiger partial charge on any atom is -0.330 e. The largest absolute Gasteiger partial charge is 0.330 e. The molecule has 1 aromatic carbocycles. The average Bonchev–Trinajstić information content (AvgIpc) is 2.85. The summed E-state index contributed by atoms with van der Waals surface area (Å²) in [5, 5.41) is 3.79. The van der Waals surface area contributed by atoms with Crippen LogP contribution in [0.2, 0.25) is 0 Å². The van der Waals surface area contributed by atoms with E-state index in [0.717, 1.165) is 13.0 Å². The quantitative estimate of drug-likeness (QED) is 0.845. The van der Waals surface area contributed by atoms with Gasteiger partial charge in [-0.3, -0.25) is 0 Å². The number of fused-ring (bicyclic) bond motifs is 1. The summed E-state index contributed by atoms with van der Waals surface area (Å²) in [7, 11) is 0. The molecule has 0 radical (unpaired) electrons. The first kappa shape index (κ1) is 14.1. The zero-order valence-electron chi connectivity index (χ0n) is 12.6. The number of hydrogen-bond donors (Lipinski definition) is 1. The molecule has 1 aromatic heterocycles. The summed E-state index contributed by atoms with van der Waals surface area (Å²) in [5.74, 6) is 0. The molecule has 20 heavy (non-hydrogen) atoms. The molecule has 1 fully saturated rings. The van der Waals surface area contributed by atoms with E-state index in [9.17, 15) is 0 Å². The first-order chi connectivity index (χ1) is 9.54. The maximum atomic E-state index is 6.19. The zero-order chi connectivity index (χ0) is 14.2. The molecule has 0 bridgehead atoms. The highest BCUT2D eigenvalue weighted by molar-refractivity contribution is 7.17. The first-order valence-corrected chi connectivity index (χ1v) is 8.57. The van der Waals surface area contributed by atoms with Crippen molar-refractivity contribution in [1.82, 2.24) is 0 Å². The van der Waals surface area contributed by atoms with Gasteiger partial charge in [0.05, 0.1) is 0 Å². The molecule has 0 aliphatic heterocycles. The van der Waals surface area contributed by atoms with E-state index in [1.807, 2.05) is 11.3 Å². The van der Waals surface area contributed by atoms with Crippen LogP contribution in [0, 0.1) is 10.8 Å². The Morgan fingerprint density at radius 1 is 1.10 bits per heavy atom. The zero-order valence-corrected chi connectivity index (χ0v) is 13.4. The highest BCUT2D eigenvalue weighted by Crippen LogP contribution is 2.47. The summed E-state index contributed by atoms with van der Waals surface area (Å²) in [6, 6.07) is 8.77. The number of nitrogens with two attached hydrogens (primary N) is 1. The Kier molecular flexibility index (Phi) is 3.64. The highest BCUT2D eigenvalue weighted by atomic mass is 32.1. The fourth-order valence-electron chi connectivity index (χ4n) is 3.48. The van der Waals surface area contributed by atoms with Gasteiger partial charge in [-0.05, 0) is 71.9 Å². The molecule has 1 saturated carbocycles. The molecule has 0 amide bonds. The van der Waals surface area contributed by atoms with E-state index in [1.165, 1.54) is 41.3 Å². The standard InChI is InChI=1S/C18H25NS/c1-17(2)7-9-18(13-19,10-8-17)11-14-12-20-16-6-4-3-5-15(14)16/h3-6,12H,7-11,13,19H2,1-2H3. The fourth-order valence-corrected chi connectivity index (χ4v) is 4.45. The lowest BCUT2D eigenvalue weighted by Crippen LogP contribution is -2.38. The van der Waals surface area contributed by atoms with Crippen molar-refractivity contribution < 1.29 is 0 Å². The molecule has 1 aliphatic carbocycles. The van der Waals surface area contributed by atoms with Crippen LogP contribution >= 0.6 is 11.3 Å². The third-order valence-corrected chi connectivity index (χ3v) is 6.24. The lowest BCUT2D eigenvalue weighted by molar-refractivity contribution is 0.108. The van der Waals surface area contributed by atoms with Gasteiger partial charge < -0.3 is 5.73 Å². The van der Waals surface area contributed by atoms with Crippen LogP contribution in [0.1, 0.15) is 45.1 Å². The van der Waals surface area contributed by atoms with E-state index in [-0.39, 0.29) is 0 Å². The molecule has 0 spiro atoms. The van der Waals surface area contributed by atoms with Gasteiger partial charge in [-0.2, -0.15) is 0 Å². The summed E-state index contributed by atoms with van der Waals surface area (Å²) < 4.78 is 1.41. The number of rotatable bonds is 3. The van der Waals surface area contributed by atoms with Crippen molar-refractivity contribution >= 4 is 21.4 Å². The van der Waals surface area contributed by atoms with Gasteiger partial charge in [-0.1, -0.05) is 32.0 Å². The van der Waals surface area contributed by atoms with E-state index < -0.39 is 0 Å². The van der Waals surface area contributed by atoms with Crippen molar-refractivity contribution in [2.75, 3.05) is 6.54 Å². The van der Waals surface area contributed by atoms with E-state index in [2.05, 4.69) is 43.5 Å². The Bertz CT molecular complexity index is 586. The SMILES string of the molecule is CC1(C)CCC(CN)(Cc2csc3ccccc23)CC1. The minimum absolute atomic E-state index is 0.333. The van der Waals surface area contributed by atoms with Crippen LogP contribution in [0.5, 0.6) is 0 Å². The Balaban J connectivity index is 1.85. The average molecular weight is 287 g/mol. The summed E-state index contributed by atoms with van der Waals surface area (Å²) in [4.78, 5) is 0. The Hall–Kier alpha value is -0.860. The van der Waals surface area contributed by atoms with Gasteiger partial charge in [0.25, 0.3) is 0 Å². The van der Waals surface area contributed by atoms with Crippen molar-refractivity contribution in [3.63, 3.8) is 0 Å². The van der Waals surface area contributed by atoms with Gasteiger partial charge in [-0.15, -0.1) is 11.3 Å². The third-order valence-electron chi connectivity index (χ3n) is 5.22. The maximum Gasteiger partial charge on any atom is 0.0345 e. The number of thiophene rings is 1. The third kappa shape index (κ3) is 2.64. The van der Waals surface area contributed by atoms with Crippen LogP contribution in [0.4, 0.5) is 0 Å². The van der Waals surface area contributed by atoms with Gasteiger partial charge in [0.15, 0.2) is 0 Å². The molecule has 108 valence electrons. The van der Waals surface area contributed by atoms with Gasteiger partial charge >= 0.3 is 0 Å². The molecule has 2 heteroatoms. The Morgan fingerprint density at radius 2 is 1.80 bits per heavy atom. The smallest absolute Gasteiger partial charge is 0.0345 e. The van der Waals surface area contributed by atoms with Gasteiger partial charge in [0.2, 0.25) is 0 Å². The van der Waals surface area contributed by atoms with Crippen LogP contribution in [0.15, 0.2) is 29.6 Å². The Morgan fingerprint density at radius 3 is 2.50 bits per heavy atom. The maximum absolute atomic E-state index is 6.19. The van der Waals surface area contributed by atoms with Crippen molar-refractivity contribution in [1.29, 1.82) is 0 Å². The van der Waals surface area contributed by atoms with Crippen LogP contribution in [-0.4, -0.2) is 6.54 Å². The van der Waals surface area contributed by atoms with Gasteiger partial charge in [0.1, 0.15) is 0 Å². The predicted octanol–water partition coefficient (Wildman–Crippen LogP) is 4.99. The molecule has 2 N–H and O–H groups in total. The Labute approximate surface area is 126 Å². The van der Waals surface area contributed by atoms with Crippen molar-refractivity contribution in [2.45, 2.75) is 46.0 Å². The number of benzene rings is 1. The minimum atomic E-state index is 0.333. The topological polar surface area (TPSA) is 26.0 Å². The summed E-state index contributed by atoms with van der Waals surface area (Å²) in [6.45, 7) is 5.62. The van der Waals surface area contributed by atoms with Gasteiger partial charge in [0, 0.05) is 4.70 Å². The molecule has 1 nitrogen and oxygen atoms in total. The van der Waals surface area contributed by atoms with Gasteiger partial charge in [-0.25, -0.2) is 0 Å². The summed E-state index contributed by atoms with van der Waals surface area (Å²) in [6.07, 6.45) is 6.34. The van der Waals surface area contributed by atoms with E-state index in [1.54, 1.807) is 0 Å². The first-order valence-electron chi connectivity index (χ1n) is 7.69. The van der Waals surface area contributed by atoms with Crippen LogP contribution < -0.4 is 5.73 Å². The molecule has 1 heterocycles.